The highest BCUT2D eigenvalue weighted by atomic mass is 16.2. The van der Waals surface area contributed by atoms with Crippen molar-refractivity contribution in [3.05, 3.63) is 35.9 Å². The van der Waals surface area contributed by atoms with Gasteiger partial charge in [0.15, 0.2) is 0 Å². The lowest BCUT2D eigenvalue weighted by Crippen LogP contribution is -2.74. The first-order chi connectivity index (χ1) is 11.2. The molecular weight excluding hydrogens is 288 g/mol. The molecule has 1 aromatic carbocycles. The van der Waals surface area contributed by atoms with Crippen LogP contribution >= 0.6 is 0 Å². The van der Waals surface area contributed by atoms with Crippen molar-refractivity contribution < 1.29 is 9.59 Å². The summed E-state index contributed by atoms with van der Waals surface area (Å²) in [6.07, 6.45) is 7.51. The van der Waals surface area contributed by atoms with Crippen LogP contribution in [0.2, 0.25) is 0 Å². The molecule has 1 aliphatic heterocycles. The molecule has 23 heavy (non-hydrogen) atoms. The van der Waals surface area contributed by atoms with Crippen LogP contribution in [0, 0.1) is 5.92 Å². The van der Waals surface area contributed by atoms with Gasteiger partial charge < -0.3 is 10.2 Å². The van der Waals surface area contributed by atoms with Crippen LogP contribution in [0.4, 0.5) is 0 Å². The number of β-lactam (4-membered cyclic amide) rings is 1. The largest absolute Gasteiger partial charge is 0.353 e. The first kappa shape index (κ1) is 14.7. The molecule has 2 aliphatic carbocycles. The van der Waals surface area contributed by atoms with Crippen LogP contribution in [-0.4, -0.2) is 28.3 Å². The smallest absolute Gasteiger partial charge is 0.238 e. The predicted octanol–water partition coefficient (Wildman–Crippen LogP) is 2.63. The number of nitrogens with one attached hydrogen (secondary N) is 1. The zero-order valence-corrected chi connectivity index (χ0v) is 13.5. The van der Waals surface area contributed by atoms with E-state index in [4.69, 9.17) is 0 Å². The van der Waals surface area contributed by atoms with E-state index < -0.39 is 5.92 Å². The lowest BCUT2D eigenvalue weighted by atomic mass is 9.64. The van der Waals surface area contributed by atoms with Gasteiger partial charge in [0.2, 0.25) is 11.8 Å². The Morgan fingerprint density at radius 2 is 1.83 bits per heavy atom. The number of carbonyl (C=O) groups excluding carboxylic acids is 2. The highest BCUT2D eigenvalue weighted by molar-refractivity contribution is 6.07. The molecule has 122 valence electrons. The Hall–Kier alpha value is -1.84. The second-order valence-electron chi connectivity index (χ2n) is 7.29. The lowest BCUT2D eigenvalue weighted by molar-refractivity contribution is -0.182. The van der Waals surface area contributed by atoms with Crippen molar-refractivity contribution in [1.82, 2.24) is 10.2 Å². The minimum atomic E-state index is -0.452. The third kappa shape index (κ3) is 2.54. The molecule has 4 heteroatoms. The first-order valence-corrected chi connectivity index (χ1v) is 8.86. The maximum Gasteiger partial charge on any atom is 0.238 e. The summed E-state index contributed by atoms with van der Waals surface area (Å²) < 4.78 is 0. The number of benzene rings is 1. The SMILES string of the molecule is O=C(NC1CC1)C1C(=O)N(Cc2ccccc2)C12CCCCC2. The monoisotopic (exact) mass is 312 g/mol. The van der Waals surface area contributed by atoms with Crippen molar-refractivity contribution in [1.29, 1.82) is 0 Å². The number of amides is 2. The molecule has 1 N–H and O–H groups in total. The van der Waals surface area contributed by atoms with Gasteiger partial charge in [0, 0.05) is 12.6 Å². The van der Waals surface area contributed by atoms with E-state index in [0.29, 0.717) is 12.6 Å². The molecule has 2 amide bonds. The van der Waals surface area contributed by atoms with E-state index in [1.807, 2.05) is 23.1 Å². The maximum atomic E-state index is 12.7. The summed E-state index contributed by atoms with van der Waals surface area (Å²) in [7, 11) is 0. The molecule has 0 radical (unpaired) electrons. The van der Waals surface area contributed by atoms with Crippen molar-refractivity contribution in [3.8, 4) is 0 Å². The van der Waals surface area contributed by atoms with E-state index in [1.165, 1.54) is 6.42 Å². The Bertz CT molecular complexity index is 603. The molecule has 0 aromatic heterocycles. The van der Waals surface area contributed by atoms with Gasteiger partial charge in [-0.1, -0.05) is 49.6 Å². The van der Waals surface area contributed by atoms with Crippen molar-refractivity contribution >= 4 is 11.8 Å². The normalized spacial score (nSPS) is 26.0. The van der Waals surface area contributed by atoms with Gasteiger partial charge in [0.25, 0.3) is 0 Å². The van der Waals surface area contributed by atoms with Gasteiger partial charge in [-0.15, -0.1) is 0 Å². The van der Waals surface area contributed by atoms with E-state index >= 15 is 0 Å². The molecule has 0 bridgehead atoms. The number of rotatable bonds is 4. The second-order valence-corrected chi connectivity index (χ2v) is 7.29. The number of likely N-dealkylation sites (tertiary alicyclic amines) is 1. The molecule has 2 saturated carbocycles. The fraction of sp³-hybridized carbons (Fsp3) is 0.579. The minimum absolute atomic E-state index is 0.0221. The third-order valence-corrected chi connectivity index (χ3v) is 5.68. The summed E-state index contributed by atoms with van der Waals surface area (Å²) in [5, 5.41) is 3.06. The molecule has 1 spiro atoms. The highest BCUT2D eigenvalue weighted by Gasteiger charge is 2.62. The zero-order chi connectivity index (χ0) is 15.9. The standard InChI is InChI=1S/C19H24N2O2/c22-17(20-15-9-10-15)16-18(23)21(13-14-7-3-1-4-8-14)19(16)11-5-2-6-12-19/h1,3-4,7-8,15-16H,2,5-6,9-13H2,(H,20,22). The van der Waals surface area contributed by atoms with Gasteiger partial charge >= 0.3 is 0 Å². The molecule has 4 rings (SSSR count). The fourth-order valence-corrected chi connectivity index (χ4v) is 4.29. The quantitative estimate of drug-likeness (QED) is 0.686. The Morgan fingerprint density at radius 1 is 1.13 bits per heavy atom. The van der Waals surface area contributed by atoms with E-state index in [-0.39, 0.29) is 17.4 Å². The van der Waals surface area contributed by atoms with Crippen LogP contribution in [0.25, 0.3) is 0 Å². The number of hydrogen-bond acceptors (Lipinski definition) is 2. The Kier molecular flexibility index (Phi) is 3.63. The summed E-state index contributed by atoms with van der Waals surface area (Å²) >= 11 is 0. The highest BCUT2D eigenvalue weighted by Crippen LogP contribution is 2.49. The topological polar surface area (TPSA) is 49.4 Å². The van der Waals surface area contributed by atoms with Gasteiger partial charge in [-0.25, -0.2) is 0 Å². The van der Waals surface area contributed by atoms with Gasteiger partial charge in [-0.2, -0.15) is 0 Å². The molecule has 1 saturated heterocycles. The molecule has 1 atom stereocenters. The molecule has 3 aliphatic rings. The predicted molar refractivity (Wildman–Crippen MR) is 87.5 cm³/mol. The van der Waals surface area contributed by atoms with Crippen LogP contribution in [0.3, 0.4) is 0 Å². The molecule has 1 unspecified atom stereocenters. The summed E-state index contributed by atoms with van der Waals surface area (Å²) in [6.45, 7) is 0.632. The minimum Gasteiger partial charge on any atom is -0.353 e. The Labute approximate surface area is 137 Å². The van der Waals surface area contributed by atoms with Gasteiger partial charge in [-0.05, 0) is 31.2 Å². The van der Waals surface area contributed by atoms with Crippen LogP contribution in [0.1, 0.15) is 50.5 Å². The summed E-state index contributed by atoms with van der Waals surface area (Å²) in [6, 6.07) is 10.4. The lowest BCUT2D eigenvalue weighted by Gasteiger charge is -2.58. The van der Waals surface area contributed by atoms with E-state index in [2.05, 4.69) is 17.4 Å². The third-order valence-electron chi connectivity index (χ3n) is 5.68. The van der Waals surface area contributed by atoms with E-state index in [1.54, 1.807) is 0 Å². The fourth-order valence-electron chi connectivity index (χ4n) is 4.29. The van der Waals surface area contributed by atoms with Gasteiger partial charge in [-0.3, -0.25) is 9.59 Å². The zero-order valence-electron chi connectivity index (χ0n) is 13.5. The second kappa shape index (κ2) is 5.66. The molecule has 3 fully saturated rings. The summed E-state index contributed by atoms with van der Waals surface area (Å²) in [5.74, 6) is -0.454. The molecular formula is C19H24N2O2. The summed E-state index contributed by atoms with van der Waals surface area (Å²) in [5.41, 5.74) is 0.913. The molecule has 1 aromatic rings. The number of carbonyl (C=O) groups is 2. The average Bonchev–Trinajstić information content (AvgIpc) is 3.38. The van der Waals surface area contributed by atoms with Crippen molar-refractivity contribution in [3.63, 3.8) is 0 Å². The van der Waals surface area contributed by atoms with Crippen molar-refractivity contribution in [2.45, 2.75) is 63.1 Å². The average molecular weight is 312 g/mol. The van der Waals surface area contributed by atoms with Gasteiger partial charge in [0.1, 0.15) is 5.92 Å². The van der Waals surface area contributed by atoms with E-state index in [0.717, 1.165) is 44.1 Å². The first-order valence-electron chi connectivity index (χ1n) is 8.86. The summed E-state index contributed by atoms with van der Waals surface area (Å²) in [4.78, 5) is 27.3. The van der Waals surface area contributed by atoms with Crippen LogP contribution in [-0.2, 0) is 16.1 Å². The van der Waals surface area contributed by atoms with Crippen molar-refractivity contribution in [2.24, 2.45) is 5.92 Å². The van der Waals surface area contributed by atoms with Crippen molar-refractivity contribution in [2.75, 3.05) is 0 Å². The van der Waals surface area contributed by atoms with Crippen LogP contribution in [0.5, 0.6) is 0 Å². The maximum absolute atomic E-state index is 12.7. The molecule has 4 nitrogen and oxygen atoms in total. The Balaban J connectivity index is 1.56. The molecule has 1 heterocycles. The van der Waals surface area contributed by atoms with Crippen LogP contribution in [0.15, 0.2) is 30.3 Å². The van der Waals surface area contributed by atoms with Gasteiger partial charge in [0.05, 0.1) is 5.54 Å². The van der Waals surface area contributed by atoms with E-state index in [9.17, 15) is 9.59 Å². The Morgan fingerprint density at radius 3 is 2.48 bits per heavy atom. The number of hydrogen-bond donors (Lipinski definition) is 1. The van der Waals surface area contributed by atoms with Crippen LogP contribution < -0.4 is 5.32 Å². The number of nitrogens with zero attached hydrogens (tertiary/aromatic N) is 1.